The summed E-state index contributed by atoms with van der Waals surface area (Å²) in [4.78, 5) is 11.1. The number of aromatic nitrogens is 2. The molecule has 1 heterocycles. The molecule has 0 saturated heterocycles. The highest BCUT2D eigenvalue weighted by Crippen LogP contribution is 2.41. The summed E-state index contributed by atoms with van der Waals surface area (Å²) in [5.74, 6) is -1.02. The minimum Gasteiger partial charge on any atom is -0.476 e. The van der Waals surface area contributed by atoms with Crippen LogP contribution >= 0.6 is 23.2 Å². The van der Waals surface area contributed by atoms with Crippen LogP contribution in [0.2, 0.25) is 10.0 Å². The van der Waals surface area contributed by atoms with E-state index in [1.807, 2.05) is 0 Å². The maximum absolute atomic E-state index is 11.1. The molecule has 2 aromatic rings. The highest BCUT2D eigenvalue weighted by atomic mass is 35.5. The van der Waals surface area contributed by atoms with Crippen molar-refractivity contribution in [2.45, 2.75) is 6.42 Å². The molecule has 0 atom stereocenters. The maximum Gasteiger partial charge on any atom is 0.356 e. The summed E-state index contributed by atoms with van der Waals surface area (Å²) < 4.78 is 1.58. The third-order valence-corrected chi connectivity index (χ3v) is 3.84. The number of fused-ring (bicyclic) bond motifs is 3. The summed E-state index contributed by atoms with van der Waals surface area (Å²) in [6.07, 6.45) is 0.525. The van der Waals surface area contributed by atoms with Crippen LogP contribution in [-0.2, 0) is 13.5 Å². The fourth-order valence-corrected chi connectivity index (χ4v) is 2.74. The van der Waals surface area contributed by atoms with Crippen LogP contribution in [0.5, 0.6) is 0 Å². The molecule has 0 radical (unpaired) electrons. The second kappa shape index (κ2) is 3.73. The number of carboxylic acid groups (broad SMARTS) is 1. The molecule has 0 amide bonds. The molecule has 1 N–H and O–H groups in total. The van der Waals surface area contributed by atoms with Gasteiger partial charge in [-0.2, -0.15) is 5.10 Å². The average molecular weight is 283 g/mol. The molecule has 1 aliphatic rings. The first-order valence-corrected chi connectivity index (χ1v) is 6.02. The number of aryl methyl sites for hydroxylation is 1. The zero-order chi connectivity index (χ0) is 13.0. The molecule has 0 fully saturated rings. The van der Waals surface area contributed by atoms with Crippen molar-refractivity contribution in [1.29, 1.82) is 0 Å². The number of rotatable bonds is 1. The molecule has 0 unspecified atom stereocenters. The zero-order valence-electron chi connectivity index (χ0n) is 9.37. The van der Waals surface area contributed by atoms with Crippen molar-refractivity contribution < 1.29 is 9.90 Å². The number of aromatic carboxylic acids is 1. The molecule has 0 aliphatic heterocycles. The van der Waals surface area contributed by atoms with Gasteiger partial charge in [0.05, 0.1) is 15.7 Å². The van der Waals surface area contributed by atoms with Crippen LogP contribution in [0.15, 0.2) is 12.1 Å². The van der Waals surface area contributed by atoms with Crippen LogP contribution in [0.1, 0.15) is 21.6 Å². The summed E-state index contributed by atoms with van der Waals surface area (Å²) >= 11 is 12.0. The summed E-state index contributed by atoms with van der Waals surface area (Å²) in [7, 11) is 1.73. The smallest absolute Gasteiger partial charge is 0.356 e. The number of carbonyl (C=O) groups is 1. The lowest BCUT2D eigenvalue weighted by Gasteiger charge is -2.04. The van der Waals surface area contributed by atoms with Crippen LogP contribution in [-0.4, -0.2) is 20.9 Å². The third kappa shape index (κ3) is 1.46. The van der Waals surface area contributed by atoms with Crippen LogP contribution < -0.4 is 0 Å². The van der Waals surface area contributed by atoms with Gasteiger partial charge in [0.15, 0.2) is 5.69 Å². The van der Waals surface area contributed by atoms with Crippen LogP contribution in [0.25, 0.3) is 11.3 Å². The quantitative estimate of drug-likeness (QED) is 0.747. The van der Waals surface area contributed by atoms with E-state index in [4.69, 9.17) is 28.3 Å². The molecule has 0 bridgehead atoms. The fraction of sp³-hybridized carbons (Fsp3) is 0.167. The van der Waals surface area contributed by atoms with E-state index < -0.39 is 5.97 Å². The maximum atomic E-state index is 11.1. The summed E-state index contributed by atoms with van der Waals surface area (Å²) in [6.45, 7) is 0. The van der Waals surface area contributed by atoms with Crippen molar-refractivity contribution in [2.24, 2.45) is 7.05 Å². The van der Waals surface area contributed by atoms with Crippen molar-refractivity contribution in [3.05, 3.63) is 39.0 Å². The molecule has 0 spiro atoms. The summed E-state index contributed by atoms with van der Waals surface area (Å²) in [6, 6.07) is 3.54. The van der Waals surface area contributed by atoms with E-state index >= 15 is 0 Å². The van der Waals surface area contributed by atoms with Gasteiger partial charge in [0.2, 0.25) is 0 Å². The monoisotopic (exact) mass is 282 g/mol. The van der Waals surface area contributed by atoms with Gasteiger partial charge in [-0.25, -0.2) is 4.79 Å². The molecule has 1 aliphatic carbocycles. The van der Waals surface area contributed by atoms with Crippen molar-refractivity contribution in [3.63, 3.8) is 0 Å². The van der Waals surface area contributed by atoms with Gasteiger partial charge in [-0.1, -0.05) is 23.2 Å². The molecule has 3 rings (SSSR count). The second-order valence-electron chi connectivity index (χ2n) is 4.20. The van der Waals surface area contributed by atoms with Gasteiger partial charge in [-0.05, 0) is 17.7 Å². The highest BCUT2D eigenvalue weighted by Gasteiger charge is 2.29. The van der Waals surface area contributed by atoms with E-state index in [1.165, 1.54) is 0 Å². The molecular weight excluding hydrogens is 275 g/mol. The lowest BCUT2D eigenvalue weighted by atomic mass is 10.1. The molecule has 18 heavy (non-hydrogen) atoms. The standard InChI is InChI=1S/C12H8Cl2N2O2/c1-16-11-6-4-9(14)8(13)3-5(6)2-7(11)10(15-16)12(17)18/h3-4H,2H2,1H3,(H,17,18). The number of hydrogen-bond acceptors (Lipinski definition) is 2. The largest absolute Gasteiger partial charge is 0.476 e. The van der Waals surface area contributed by atoms with Crippen LogP contribution in [0, 0.1) is 0 Å². The highest BCUT2D eigenvalue weighted by molar-refractivity contribution is 6.42. The molecule has 4 nitrogen and oxygen atoms in total. The summed E-state index contributed by atoms with van der Waals surface area (Å²) in [5.41, 5.74) is 3.51. The van der Waals surface area contributed by atoms with E-state index in [1.54, 1.807) is 23.9 Å². The first-order valence-electron chi connectivity index (χ1n) is 5.26. The van der Waals surface area contributed by atoms with Crippen LogP contribution in [0.4, 0.5) is 0 Å². The minimum atomic E-state index is -1.02. The first kappa shape index (κ1) is 11.6. The SMILES string of the molecule is Cn1nc(C(=O)O)c2c1-c1cc(Cl)c(Cl)cc1C2. The predicted octanol–water partition coefficient (Wildman–Crippen LogP) is 3.00. The van der Waals surface area contributed by atoms with Crippen LogP contribution in [0.3, 0.4) is 0 Å². The molecule has 1 aromatic carbocycles. The molecule has 6 heteroatoms. The van der Waals surface area contributed by atoms with Crippen molar-refractivity contribution in [3.8, 4) is 11.3 Å². The Kier molecular flexibility index (Phi) is 2.40. The molecule has 0 saturated carbocycles. The number of nitrogens with zero attached hydrogens (tertiary/aromatic N) is 2. The molecular formula is C12H8Cl2N2O2. The van der Waals surface area contributed by atoms with Gasteiger partial charge < -0.3 is 5.11 Å². The van der Waals surface area contributed by atoms with Gasteiger partial charge >= 0.3 is 5.97 Å². The summed E-state index contributed by atoms with van der Waals surface area (Å²) in [5, 5.41) is 14.1. The van der Waals surface area contributed by atoms with Gasteiger partial charge in [-0.3, -0.25) is 4.68 Å². The molecule has 92 valence electrons. The van der Waals surface area contributed by atoms with E-state index in [0.717, 1.165) is 22.4 Å². The van der Waals surface area contributed by atoms with E-state index in [9.17, 15) is 4.79 Å². The number of hydrogen-bond donors (Lipinski definition) is 1. The average Bonchev–Trinajstić information content (AvgIpc) is 2.78. The zero-order valence-corrected chi connectivity index (χ0v) is 10.9. The lowest BCUT2D eigenvalue weighted by molar-refractivity contribution is 0.0688. The number of halogens is 2. The fourth-order valence-electron chi connectivity index (χ4n) is 2.39. The number of carboxylic acids is 1. The number of benzene rings is 1. The normalized spacial score (nSPS) is 12.4. The van der Waals surface area contributed by atoms with Gasteiger partial charge in [0, 0.05) is 24.6 Å². The second-order valence-corrected chi connectivity index (χ2v) is 5.02. The van der Waals surface area contributed by atoms with Crippen molar-refractivity contribution in [1.82, 2.24) is 9.78 Å². The Bertz CT molecular complexity index is 692. The Morgan fingerprint density at radius 1 is 1.39 bits per heavy atom. The third-order valence-electron chi connectivity index (χ3n) is 3.12. The Balaban J connectivity index is 2.28. The Labute approximate surface area is 113 Å². The van der Waals surface area contributed by atoms with Gasteiger partial charge in [-0.15, -0.1) is 0 Å². The first-order chi connectivity index (χ1) is 8.49. The molecule has 1 aromatic heterocycles. The van der Waals surface area contributed by atoms with E-state index in [0.29, 0.717) is 16.5 Å². The van der Waals surface area contributed by atoms with Gasteiger partial charge in [0.1, 0.15) is 0 Å². The van der Waals surface area contributed by atoms with Crippen molar-refractivity contribution in [2.75, 3.05) is 0 Å². The van der Waals surface area contributed by atoms with E-state index in [-0.39, 0.29) is 5.69 Å². The Morgan fingerprint density at radius 2 is 2.06 bits per heavy atom. The Morgan fingerprint density at radius 3 is 2.72 bits per heavy atom. The van der Waals surface area contributed by atoms with Crippen molar-refractivity contribution >= 4 is 29.2 Å². The Hall–Kier alpha value is -1.52. The van der Waals surface area contributed by atoms with Gasteiger partial charge in [0.25, 0.3) is 0 Å². The van der Waals surface area contributed by atoms with E-state index in [2.05, 4.69) is 5.10 Å². The lowest BCUT2D eigenvalue weighted by Crippen LogP contribution is -2.02. The topological polar surface area (TPSA) is 55.1 Å². The predicted molar refractivity (Wildman–Crippen MR) is 68.4 cm³/mol. The minimum absolute atomic E-state index is 0.0935.